The van der Waals surface area contributed by atoms with E-state index in [4.69, 9.17) is 39.0 Å². The van der Waals surface area contributed by atoms with E-state index in [1.54, 1.807) is 0 Å². The number of nitro groups is 1. The summed E-state index contributed by atoms with van der Waals surface area (Å²) in [6.07, 6.45) is 0. The van der Waals surface area contributed by atoms with E-state index in [2.05, 4.69) is 0 Å². The molecule has 0 spiro atoms. The number of nitrogens with zero attached hydrogens (tertiary/aromatic N) is 1. The number of nitro benzene ring substituents is 1. The van der Waals surface area contributed by atoms with Crippen LogP contribution in [0.4, 0.5) is 5.69 Å². The van der Waals surface area contributed by atoms with Crippen molar-refractivity contribution in [1.82, 2.24) is 0 Å². The lowest BCUT2D eigenvalue weighted by Crippen LogP contribution is -2.12. The van der Waals surface area contributed by atoms with Crippen LogP contribution in [0.15, 0.2) is 41.3 Å². The van der Waals surface area contributed by atoms with Gasteiger partial charge in [0.2, 0.25) is 0 Å². The molecule has 10 heteroatoms. The molecule has 22 heavy (non-hydrogen) atoms. The van der Waals surface area contributed by atoms with Crippen LogP contribution in [0.2, 0.25) is 15.1 Å². The minimum atomic E-state index is -4.44. The minimum Gasteiger partial charge on any atom is -0.379 e. The van der Waals surface area contributed by atoms with Crippen LogP contribution in [0, 0.1) is 10.1 Å². The Bertz CT molecular complexity index is 854. The lowest BCUT2D eigenvalue weighted by Gasteiger charge is -2.08. The molecule has 0 aromatic heterocycles. The van der Waals surface area contributed by atoms with Crippen LogP contribution >= 0.6 is 34.8 Å². The Morgan fingerprint density at radius 3 is 2.27 bits per heavy atom. The van der Waals surface area contributed by atoms with Crippen LogP contribution in [-0.2, 0) is 10.1 Å². The first-order valence-electron chi connectivity index (χ1n) is 5.54. The van der Waals surface area contributed by atoms with Crippen LogP contribution in [0.25, 0.3) is 0 Å². The second kappa shape index (κ2) is 6.29. The monoisotopic (exact) mass is 381 g/mol. The van der Waals surface area contributed by atoms with E-state index in [0.717, 1.165) is 12.1 Å². The normalized spacial score (nSPS) is 11.2. The van der Waals surface area contributed by atoms with Crippen LogP contribution < -0.4 is 4.18 Å². The summed E-state index contributed by atoms with van der Waals surface area (Å²) in [7, 11) is -4.44. The Labute approximate surface area is 140 Å². The van der Waals surface area contributed by atoms with Crippen LogP contribution in [0.3, 0.4) is 0 Å². The maximum Gasteiger partial charge on any atom is 0.346 e. The van der Waals surface area contributed by atoms with E-state index in [1.807, 2.05) is 0 Å². The summed E-state index contributed by atoms with van der Waals surface area (Å²) >= 11 is 17.1. The lowest BCUT2D eigenvalue weighted by molar-refractivity contribution is -0.387. The molecule has 2 aromatic carbocycles. The van der Waals surface area contributed by atoms with Crippen molar-refractivity contribution >= 4 is 50.6 Å². The number of halogens is 3. The molecule has 0 aliphatic rings. The molecule has 2 rings (SSSR count). The van der Waals surface area contributed by atoms with Gasteiger partial charge in [0.1, 0.15) is 5.75 Å². The third kappa shape index (κ3) is 3.61. The van der Waals surface area contributed by atoms with Gasteiger partial charge in [-0.3, -0.25) is 10.1 Å². The van der Waals surface area contributed by atoms with Gasteiger partial charge < -0.3 is 4.18 Å². The molecule has 0 aliphatic heterocycles. The van der Waals surface area contributed by atoms with Gasteiger partial charge in [-0.05, 0) is 24.3 Å². The molecule has 116 valence electrons. The zero-order chi connectivity index (χ0) is 16.5. The molecule has 0 radical (unpaired) electrons. The number of benzene rings is 2. The van der Waals surface area contributed by atoms with Crippen molar-refractivity contribution in [2.24, 2.45) is 0 Å². The second-order valence-electron chi connectivity index (χ2n) is 3.98. The average molecular weight is 383 g/mol. The summed E-state index contributed by atoms with van der Waals surface area (Å²) in [5.74, 6) is -0.126. The third-order valence-corrected chi connectivity index (χ3v) is 4.75. The van der Waals surface area contributed by atoms with Gasteiger partial charge in [-0.1, -0.05) is 34.8 Å². The molecule has 0 saturated carbocycles. The molecule has 0 bridgehead atoms. The summed E-state index contributed by atoms with van der Waals surface area (Å²) in [4.78, 5) is 9.48. The van der Waals surface area contributed by atoms with E-state index >= 15 is 0 Å². The molecule has 0 atom stereocenters. The van der Waals surface area contributed by atoms with E-state index in [1.165, 1.54) is 24.3 Å². The molecule has 0 amide bonds. The summed E-state index contributed by atoms with van der Waals surface area (Å²) in [6.45, 7) is 0. The highest BCUT2D eigenvalue weighted by atomic mass is 35.5. The minimum absolute atomic E-state index is 0.0280. The Kier molecular flexibility index (Phi) is 4.81. The van der Waals surface area contributed by atoms with Gasteiger partial charge in [0.15, 0.2) is 4.90 Å². The zero-order valence-electron chi connectivity index (χ0n) is 10.5. The van der Waals surface area contributed by atoms with Gasteiger partial charge in [-0.15, -0.1) is 0 Å². The first-order valence-corrected chi connectivity index (χ1v) is 8.08. The number of rotatable bonds is 4. The topological polar surface area (TPSA) is 86.5 Å². The number of hydrogen-bond acceptors (Lipinski definition) is 5. The van der Waals surface area contributed by atoms with Crippen molar-refractivity contribution in [3.63, 3.8) is 0 Å². The Morgan fingerprint density at radius 2 is 1.68 bits per heavy atom. The third-order valence-electron chi connectivity index (χ3n) is 2.48. The fourth-order valence-corrected chi connectivity index (χ4v) is 3.07. The van der Waals surface area contributed by atoms with Gasteiger partial charge in [-0.25, -0.2) is 0 Å². The van der Waals surface area contributed by atoms with Crippen molar-refractivity contribution in [2.45, 2.75) is 4.90 Å². The van der Waals surface area contributed by atoms with Crippen LogP contribution in [-0.4, -0.2) is 13.3 Å². The highest BCUT2D eigenvalue weighted by Gasteiger charge is 2.28. The smallest absolute Gasteiger partial charge is 0.346 e. The first kappa shape index (κ1) is 16.8. The van der Waals surface area contributed by atoms with E-state index in [0.29, 0.717) is 0 Å². The molecule has 0 aliphatic carbocycles. The summed E-state index contributed by atoms with van der Waals surface area (Å²) in [6, 6.07) is 6.92. The van der Waals surface area contributed by atoms with E-state index in [9.17, 15) is 18.5 Å². The Balaban J connectivity index is 2.47. The SMILES string of the molecule is O=[N+]([O-])c1cc(Cl)ccc1S(=O)(=O)Oc1ccc(Cl)c(Cl)c1. The van der Waals surface area contributed by atoms with Gasteiger partial charge >= 0.3 is 10.1 Å². The molecular formula is C12H6Cl3NO5S. The average Bonchev–Trinajstić information content (AvgIpc) is 2.42. The Morgan fingerprint density at radius 1 is 1.00 bits per heavy atom. The predicted octanol–water partition coefficient (Wildman–Crippen LogP) is 4.32. The van der Waals surface area contributed by atoms with Crippen molar-refractivity contribution in [1.29, 1.82) is 0 Å². The maximum atomic E-state index is 12.2. The predicted molar refractivity (Wildman–Crippen MR) is 82.4 cm³/mol. The van der Waals surface area contributed by atoms with E-state index < -0.39 is 25.6 Å². The van der Waals surface area contributed by atoms with Crippen LogP contribution in [0.1, 0.15) is 0 Å². The quantitative estimate of drug-likeness (QED) is 0.446. The summed E-state index contributed by atoms with van der Waals surface area (Å²) < 4.78 is 29.2. The zero-order valence-corrected chi connectivity index (χ0v) is 13.6. The van der Waals surface area contributed by atoms with Gasteiger partial charge in [0.05, 0.1) is 15.0 Å². The largest absolute Gasteiger partial charge is 0.379 e. The number of hydrogen-bond donors (Lipinski definition) is 0. The van der Waals surface area contributed by atoms with Gasteiger partial charge in [0, 0.05) is 17.2 Å². The maximum absolute atomic E-state index is 12.2. The molecule has 2 aromatic rings. The van der Waals surface area contributed by atoms with Crippen LogP contribution in [0.5, 0.6) is 5.75 Å². The molecular weight excluding hydrogens is 377 g/mol. The summed E-state index contributed by atoms with van der Waals surface area (Å²) in [5, 5.41) is 11.3. The van der Waals surface area contributed by atoms with Crippen molar-refractivity contribution in [3.8, 4) is 5.75 Å². The molecule has 0 fully saturated rings. The molecule has 0 heterocycles. The highest BCUT2D eigenvalue weighted by Crippen LogP contribution is 2.31. The second-order valence-corrected chi connectivity index (χ2v) is 6.75. The molecule has 6 nitrogen and oxygen atoms in total. The first-order chi connectivity index (χ1) is 10.2. The van der Waals surface area contributed by atoms with Crippen molar-refractivity contribution < 1.29 is 17.5 Å². The van der Waals surface area contributed by atoms with Crippen molar-refractivity contribution in [2.75, 3.05) is 0 Å². The standard InChI is InChI=1S/C12H6Cl3NO5S/c13-7-1-4-12(11(5-7)16(17)18)22(19,20)21-8-2-3-9(14)10(15)6-8/h1-6H. The van der Waals surface area contributed by atoms with E-state index in [-0.39, 0.29) is 20.8 Å². The molecule has 0 N–H and O–H groups in total. The van der Waals surface area contributed by atoms with Gasteiger partial charge in [-0.2, -0.15) is 8.42 Å². The molecule has 0 saturated heterocycles. The summed E-state index contributed by atoms with van der Waals surface area (Å²) in [5.41, 5.74) is -0.687. The fraction of sp³-hybridized carbons (Fsp3) is 0. The van der Waals surface area contributed by atoms with Gasteiger partial charge in [0.25, 0.3) is 5.69 Å². The Hall–Kier alpha value is -1.54. The fourth-order valence-electron chi connectivity index (χ4n) is 1.54. The lowest BCUT2D eigenvalue weighted by atomic mass is 10.3. The highest BCUT2D eigenvalue weighted by molar-refractivity contribution is 7.87. The van der Waals surface area contributed by atoms with Crippen molar-refractivity contribution in [3.05, 3.63) is 61.6 Å². The molecule has 0 unspecified atom stereocenters.